The summed E-state index contributed by atoms with van der Waals surface area (Å²) in [6.07, 6.45) is 0. The molecule has 10 rings (SSSR count). The van der Waals surface area contributed by atoms with E-state index in [1.807, 2.05) is 11.3 Å². The van der Waals surface area contributed by atoms with Crippen molar-refractivity contribution >= 4 is 63.8 Å². The van der Waals surface area contributed by atoms with Crippen molar-refractivity contribution < 1.29 is 0 Å². The van der Waals surface area contributed by atoms with E-state index >= 15 is 0 Å². The molecule has 1 heteroatoms. The molecule has 0 fully saturated rings. The van der Waals surface area contributed by atoms with E-state index in [2.05, 4.69) is 159 Å². The summed E-state index contributed by atoms with van der Waals surface area (Å²) in [6, 6.07) is 54.5. The predicted molar refractivity (Wildman–Crippen MR) is 200 cm³/mol. The molecule has 0 radical (unpaired) electrons. The summed E-state index contributed by atoms with van der Waals surface area (Å²) in [4.78, 5) is 0. The molecule has 9 aromatic rings. The fourth-order valence-electron chi connectivity index (χ4n) is 8.34. The van der Waals surface area contributed by atoms with Gasteiger partial charge >= 0.3 is 0 Å². The fourth-order valence-corrected chi connectivity index (χ4v) is 9.56. The molecular formula is C45H30S. The zero-order chi connectivity index (χ0) is 30.6. The molecule has 216 valence electrons. The lowest BCUT2D eigenvalue weighted by Gasteiger charge is -2.23. The van der Waals surface area contributed by atoms with Gasteiger partial charge in [0.1, 0.15) is 0 Å². The number of thiophene rings is 1. The minimum Gasteiger partial charge on any atom is -0.135 e. The number of fused-ring (bicyclic) bond motifs is 10. The molecule has 46 heavy (non-hydrogen) atoms. The lowest BCUT2D eigenvalue weighted by molar-refractivity contribution is 0.660. The Morgan fingerprint density at radius 3 is 1.65 bits per heavy atom. The van der Waals surface area contributed by atoms with E-state index in [1.165, 1.54) is 97.0 Å². The maximum Gasteiger partial charge on any atom is 0.0434 e. The Hall–Kier alpha value is -5.24. The molecule has 0 unspecified atom stereocenters. The summed E-state index contributed by atoms with van der Waals surface area (Å²) < 4.78 is 2.71. The molecular weight excluding hydrogens is 573 g/mol. The third-order valence-electron chi connectivity index (χ3n) is 10.5. The van der Waals surface area contributed by atoms with E-state index in [-0.39, 0.29) is 5.41 Å². The SMILES string of the molecule is CC1(C)c2ccccc2-c2ccc(-c3c4ccccc4c(-c4cc5c6ccccc6sc5c5ccccc45)c4ccccc34)cc21. The molecule has 0 nitrogen and oxygen atoms in total. The number of hydrogen-bond acceptors (Lipinski definition) is 1. The second kappa shape index (κ2) is 9.39. The Bertz CT molecular complexity index is 2660. The van der Waals surface area contributed by atoms with E-state index in [0.29, 0.717) is 0 Å². The molecule has 0 saturated heterocycles. The molecule has 0 N–H and O–H groups in total. The van der Waals surface area contributed by atoms with Gasteiger partial charge in [0.15, 0.2) is 0 Å². The van der Waals surface area contributed by atoms with Crippen LogP contribution in [0, 0.1) is 0 Å². The van der Waals surface area contributed by atoms with Crippen molar-refractivity contribution in [3.8, 4) is 33.4 Å². The zero-order valence-corrected chi connectivity index (χ0v) is 26.6. The van der Waals surface area contributed by atoms with Gasteiger partial charge in [-0.1, -0.05) is 141 Å². The van der Waals surface area contributed by atoms with Gasteiger partial charge in [-0.3, -0.25) is 0 Å². The summed E-state index contributed by atoms with van der Waals surface area (Å²) in [5, 5.41) is 10.5. The first kappa shape index (κ1) is 26.0. The van der Waals surface area contributed by atoms with Crippen molar-refractivity contribution in [3.05, 3.63) is 157 Å². The van der Waals surface area contributed by atoms with E-state index in [4.69, 9.17) is 0 Å². The topological polar surface area (TPSA) is 0 Å². The average molecular weight is 603 g/mol. The van der Waals surface area contributed by atoms with E-state index in [1.54, 1.807) is 0 Å². The van der Waals surface area contributed by atoms with Gasteiger partial charge < -0.3 is 0 Å². The first-order valence-corrected chi connectivity index (χ1v) is 16.9. The molecule has 0 bridgehead atoms. The van der Waals surface area contributed by atoms with Gasteiger partial charge in [0.05, 0.1) is 0 Å². The summed E-state index contributed by atoms with van der Waals surface area (Å²) in [7, 11) is 0. The first-order valence-electron chi connectivity index (χ1n) is 16.1. The van der Waals surface area contributed by atoms with E-state index in [0.717, 1.165) is 0 Å². The Balaban J connectivity index is 1.32. The summed E-state index contributed by atoms with van der Waals surface area (Å²) in [5.74, 6) is 0. The van der Waals surface area contributed by atoms with Gasteiger partial charge in [-0.25, -0.2) is 0 Å². The molecule has 0 spiro atoms. The summed E-state index contributed by atoms with van der Waals surface area (Å²) in [6.45, 7) is 4.74. The van der Waals surface area contributed by atoms with Crippen LogP contribution in [0.15, 0.2) is 146 Å². The molecule has 1 heterocycles. The fraction of sp³-hybridized carbons (Fsp3) is 0.0667. The highest BCUT2D eigenvalue weighted by molar-refractivity contribution is 7.26. The Kier molecular flexibility index (Phi) is 5.31. The molecule has 0 aliphatic heterocycles. The van der Waals surface area contributed by atoms with Gasteiger partial charge in [-0.05, 0) is 89.6 Å². The van der Waals surface area contributed by atoms with Gasteiger partial charge in [0.25, 0.3) is 0 Å². The molecule has 0 amide bonds. The Morgan fingerprint density at radius 2 is 0.935 bits per heavy atom. The molecule has 1 aliphatic rings. The van der Waals surface area contributed by atoms with Gasteiger partial charge in [-0.2, -0.15) is 0 Å². The number of benzene rings is 8. The Labute approximate surface area is 272 Å². The zero-order valence-electron chi connectivity index (χ0n) is 25.8. The monoisotopic (exact) mass is 602 g/mol. The predicted octanol–water partition coefficient (Wildman–Crippen LogP) is 13.2. The van der Waals surface area contributed by atoms with E-state index < -0.39 is 0 Å². The van der Waals surface area contributed by atoms with Crippen molar-refractivity contribution in [3.63, 3.8) is 0 Å². The lowest BCUT2D eigenvalue weighted by atomic mass is 9.80. The Morgan fingerprint density at radius 1 is 0.391 bits per heavy atom. The first-order chi connectivity index (χ1) is 22.6. The van der Waals surface area contributed by atoms with Gasteiger partial charge in [0.2, 0.25) is 0 Å². The van der Waals surface area contributed by atoms with Crippen LogP contribution in [-0.2, 0) is 5.41 Å². The second-order valence-corrected chi connectivity index (χ2v) is 14.3. The standard InChI is InChI=1S/C45H30S/c1-45(2)39-21-11-9-14-29(39)30-24-23-27(25-40(30)45)42-32-16-4-6-18-34(32)43(35-19-7-5-17-33(35)42)37-26-38-31-15-10-12-22-41(31)46-44(38)36-20-8-3-13-28(36)37/h3-26H,1-2H3. The van der Waals surface area contributed by atoms with Crippen LogP contribution >= 0.6 is 11.3 Å². The summed E-state index contributed by atoms with van der Waals surface area (Å²) in [5.41, 5.74) is 10.7. The van der Waals surface area contributed by atoms with Crippen LogP contribution in [0.3, 0.4) is 0 Å². The van der Waals surface area contributed by atoms with Gasteiger partial charge in [-0.15, -0.1) is 11.3 Å². The summed E-state index contributed by atoms with van der Waals surface area (Å²) >= 11 is 1.91. The number of hydrogen-bond donors (Lipinski definition) is 0. The third kappa shape index (κ3) is 3.44. The minimum absolute atomic E-state index is 0.0505. The maximum atomic E-state index is 2.47. The quantitative estimate of drug-likeness (QED) is 0.173. The van der Waals surface area contributed by atoms with Crippen LogP contribution in [0.2, 0.25) is 0 Å². The van der Waals surface area contributed by atoms with E-state index in [9.17, 15) is 0 Å². The van der Waals surface area contributed by atoms with Crippen LogP contribution in [0.1, 0.15) is 25.0 Å². The van der Waals surface area contributed by atoms with Crippen LogP contribution in [0.5, 0.6) is 0 Å². The average Bonchev–Trinajstić information content (AvgIpc) is 3.59. The highest BCUT2D eigenvalue weighted by Crippen LogP contribution is 2.52. The third-order valence-corrected chi connectivity index (χ3v) is 11.7. The second-order valence-electron chi connectivity index (χ2n) is 13.2. The van der Waals surface area contributed by atoms with Crippen LogP contribution in [0.25, 0.3) is 85.9 Å². The molecule has 0 atom stereocenters. The highest BCUT2D eigenvalue weighted by atomic mass is 32.1. The van der Waals surface area contributed by atoms with Crippen LogP contribution in [0.4, 0.5) is 0 Å². The maximum absolute atomic E-state index is 2.47. The van der Waals surface area contributed by atoms with Crippen LogP contribution in [-0.4, -0.2) is 0 Å². The normalized spacial score (nSPS) is 13.6. The smallest absolute Gasteiger partial charge is 0.0434 e. The van der Waals surface area contributed by atoms with Crippen molar-refractivity contribution in [1.82, 2.24) is 0 Å². The highest BCUT2D eigenvalue weighted by Gasteiger charge is 2.35. The molecule has 8 aromatic carbocycles. The largest absolute Gasteiger partial charge is 0.135 e. The minimum atomic E-state index is -0.0505. The van der Waals surface area contributed by atoms with Gasteiger partial charge in [0, 0.05) is 31.0 Å². The number of rotatable bonds is 2. The van der Waals surface area contributed by atoms with Crippen molar-refractivity contribution in [2.45, 2.75) is 19.3 Å². The molecule has 1 aromatic heterocycles. The van der Waals surface area contributed by atoms with Crippen molar-refractivity contribution in [1.29, 1.82) is 0 Å². The lowest BCUT2D eigenvalue weighted by Crippen LogP contribution is -2.14. The molecule has 0 saturated carbocycles. The van der Waals surface area contributed by atoms with Crippen molar-refractivity contribution in [2.24, 2.45) is 0 Å². The van der Waals surface area contributed by atoms with Crippen LogP contribution < -0.4 is 0 Å². The molecule has 1 aliphatic carbocycles. The van der Waals surface area contributed by atoms with Crippen molar-refractivity contribution in [2.75, 3.05) is 0 Å².